The van der Waals surface area contributed by atoms with Gasteiger partial charge in [-0.1, -0.05) is 24.3 Å². The Balaban J connectivity index is 1.67. The van der Waals surface area contributed by atoms with E-state index in [1.54, 1.807) is 10.8 Å². The van der Waals surface area contributed by atoms with Crippen LogP contribution >= 0.6 is 0 Å². The average molecular weight is 283 g/mol. The fraction of sp³-hybridized carbons (Fsp3) is 0.143. The Labute approximate surface area is 120 Å². The molecule has 0 aliphatic rings. The molecule has 0 aliphatic carbocycles. The molecule has 0 N–H and O–H groups in total. The minimum absolute atomic E-state index is 0.134. The number of imidazole rings is 1. The number of rotatable bonds is 5. The second-order valence-electron chi connectivity index (χ2n) is 4.68. The van der Waals surface area contributed by atoms with Crippen molar-refractivity contribution in [3.05, 3.63) is 76.5 Å². The molecule has 3 rings (SSSR count). The average Bonchev–Trinajstić information content (AvgIpc) is 3.12. The van der Waals surface area contributed by atoms with Crippen molar-refractivity contribution in [2.75, 3.05) is 0 Å². The molecule has 2 heterocycles. The van der Waals surface area contributed by atoms with Gasteiger partial charge in [-0.15, -0.1) is 0 Å². The standard InChI is InChI=1S/C14H13N5O2/c20-19(21)14-10-17(11-15-14)8-12-2-4-13(5-3-12)9-18-7-1-6-16-18/h1-7,10-11H,8-9H2. The lowest BCUT2D eigenvalue weighted by Crippen LogP contribution is -2.01. The van der Waals surface area contributed by atoms with Gasteiger partial charge in [0.2, 0.25) is 6.33 Å². The summed E-state index contributed by atoms with van der Waals surface area (Å²) in [6, 6.07) is 9.96. The van der Waals surface area contributed by atoms with Crippen LogP contribution in [0.15, 0.2) is 55.2 Å². The highest BCUT2D eigenvalue weighted by Crippen LogP contribution is 2.11. The Kier molecular flexibility index (Phi) is 3.46. The van der Waals surface area contributed by atoms with Gasteiger partial charge in [-0.2, -0.15) is 5.10 Å². The van der Waals surface area contributed by atoms with Crippen molar-refractivity contribution in [1.29, 1.82) is 0 Å². The van der Waals surface area contributed by atoms with Gasteiger partial charge in [0.25, 0.3) is 0 Å². The molecule has 21 heavy (non-hydrogen) atoms. The van der Waals surface area contributed by atoms with Crippen molar-refractivity contribution >= 4 is 5.82 Å². The molecule has 0 radical (unpaired) electrons. The van der Waals surface area contributed by atoms with E-state index in [-0.39, 0.29) is 5.82 Å². The quantitative estimate of drug-likeness (QED) is 0.530. The predicted octanol–water partition coefficient (Wildman–Crippen LogP) is 2.08. The molecule has 1 aromatic carbocycles. The first-order valence-corrected chi connectivity index (χ1v) is 6.42. The summed E-state index contributed by atoms with van der Waals surface area (Å²) in [4.78, 5) is 13.8. The Morgan fingerprint density at radius 3 is 2.43 bits per heavy atom. The molecule has 0 spiro atoms. The summed E-state index contributed by atoms with van der Waals surface area (Å²) in [5.74, 6) is -0.134. The monoisotopic (exact) mass is 283 g/mol. The lowest BCUT2D eigenvalue weighted by molar-refractivity contribution is -0.389. The van der Waals surface area contributed by atoms with E-state index in [2.05, 4.69) is 10.1 Å². The van der Waals surface area contributed by atoms with Gasteiger partial charge in [-0.3, -0.25) is 4.68 Å². The smallest absolute Gasteiger partial charge is 0.358 e. The molecule has 3 aromatic rings. The van der Waals surface area contributed by atoms with Crippen LogP contribution in [0.3, 0.4) is 0 Å². The molecular formula is C14H13N5O2. The van der Waals surface area contributed by atoms with Gasteiger partial charge < -0.3 is 14.7 Å². The number of hydrogen-bond donors (Lipinski definition) is 0. The zero-order valence-electron chi connectivity index (χ0n) is 11.2. The third-order valence-corrected chi connectivity index (χ3v) is 3.10. The van der Waals surface area contributed by atoms with Gasteiger partial charge in [0.1, 0.15) is 6.20 Å². The Morgan fingerprint density at radius 2 is 1.86 bits per heavy atom. The largest absolute Gasteiger partial charge is 0.381 e. The van der Waals surface area contributed by atoms with Crippen LogP contribution in [-0.2, 0) is 13.1 Å². The molecule has 0 bridgehead atoms. The maximum atomic E-state index is 10.6. The van der Waals surface area contributed by atoms with Gasteiger partial charge >= 0.3 is 5.82 Å². The zero-order chi connectivity index (χ0) is 14.7. The molecular weight excluding hydrogens is 270 g/mol. The minimum atomic E-state index is -0.496. The van der Waals surface area contributed by atoms with Crippen LogP contribution in [0.25, 0.3) is 0 Å². The van der Waals surface area contributed by atoms with Crippen LogP contribution in [0.4, 0.5) is 5.82 Å². The fourth-order valence-corrected chi connectivity index (χ4v) is 2.07. The van der Waals surface area contributed by atoms with E-state index in [0.717, 1.165) is 17.7 Å². The highest BCUT2D eigenvalue weighted by atomic mass is 16.6. The molecule has 7 heteroatoms. The summed E-state index contributed by atoms with van der Waals surface area (Å²) in [7, 11) is 0. The number of hydrogen-bond acceptors (Lipinski definition) is 4. The van der Waals surface area contributed by atoms with E-state index in [0.29, 0.717) is 6.54 Å². The highest BCUT2D eigenvalue weighted by molar-refractivity contribution is 5.23. The van der Waals surface area contributed by atoms with Crippen molar-refractivity contribution in [3.8, 4) is 0 Å². The van der Waals surface area contributed by atoms with E-state index in [1.165, 1.54) is 12.5 Å². The lowest BCUT2D eigenvalue weighted by Gasteiger charge is -2.05. The van der Waals surface area contributed by atoms with Gasteiger partial charge in [0.05, 0.1) is 13.1 Å². The van der Waals surface area contributed by atoms with E-state index in [1.807, 2.05) is 41.2 Å². The van der Waals surface area contributed by atoms with Gasteiger partial charge in [0.15, 0.2) is 0 Å². The SMILES string of the molecule is O=[N+]([O-])c1cn(Cc2ccc(Cn3cccn3)cc2)cn1. The Morgan fingerprint density at radius 1 is 1.14 bits per heavy atom. The highest BCUT2D eigenvalue weighted by Gasteiger charge is 2.09. The Bertz CT molecular complexity index is 731. The Hall–Kier alpha value is -2.96. The number of benzene rings is 1. The first-order chi connectivity index (χ1) is 10.2. The number of nitro groups is 1. The van der Waals surface area contributed by atoms with Gasteiger partial charge in [0, 0.05) is 12.4 Å². The second-order valence-corrected chi connectivity index (χ2v) is 4.68. The molecule has 0 saturated carbocycles. The molecule has 2 aromatic heterocycles. The van der Waals surface area contributed by atoms with E-state index in [9.17, 15) is 10.1 Å². The summed E-state index contributed by atoms with van der Waals surface area (Å²) in [6.07, 6.45) is 6.56. The van der Waals surface area contributed by atoms with E-state index >= 15 is 0 Å². The van der Waals surface area contributed by atoms with Crippen molar-refractivity contribution in [2.45, 2.75) is 13.1 Å². The molecule has 0 amide bonds. The van der Waals surface area contributed by atoms with Crippen molar-refractivity contribution in [3.63, 3.8) is 0 Å². The molecule has 0 aliphatic heterocycles. The zero-order valence-corrected chi connectivity index (χ0v) is 11.2. The van der Waals surface area contributed by atoms with Crippen LogP contribution in [0, 0.1) is 10.1 Å². The molecule has 106 valence electrons. The topological polar surface area (TPSA) is 78.8 Å². The normalized spacial score (nSPS) is 10.7. The molecule has 7 nitrogen and oxygen atoms in total. The fourth-order valence-electron chi connectivity index (χ4n) is 2.07. The third-order valence-electron chi connectivity index (χ3n) is 3.10. The third kappa shape index (κ3) is 3.14. The maximum absolute atomic E-state index is 10.6. The molecule has 0 saturated heterocycles. The molecule has 0 fully saturated rings. The summed E-state index contributed by atoms with van der Waals surface area (Å²) < 4.78 is 3.55. The van der Waals surface area contributed by atoms with Crippen LogP contribution in [0.5, 0.6) is 0 Å². The van der Waals surface area contributed by atoms with Crippen LogP contribution in [0.1, 0.15) is 11.1 Å². The van der Waals surface area contributed by atoms with Crippen molar-refractivity contribution < 1.29 is 4.92 Å². The minimum Gasteiger partial charge on any atom is -0.358 e. The van der Waals surface area contributed by atoms with Crippen LogP contribution in [0.2, 0.25) is 0 Å². The van der Waals surface area contributed by atoms with Crippen molar-refractivity contribution in [2.24, 2.45) is 0 Å². The lowest BCUT2D eigenvalue weighted by atomic mass is 10.1. The maximum Gasteiger partial charge on any atom is 0.381 e. The second kappa shape index (κ2) is 5.58. The van der Waals surface area contributed by atoms with Gasteiger partial charge in [-0.25, -0.2) is 0 Å². The van der Waals surface area contributed by atoms with Crippen molar-refractivity contribution in [1.82, 2.24) is 19.3 Å². The summed E-state index contributed by atoms with van der Waals surface area (Å²) in [6.45, 7) is 1.28. The molecule has 0 atom stereocenters. The summed E-state index contributed by atoms with van der Waals surface area (Å²) >= 11 is 0. The predicted molar refractivity (Wildman–Crippen MR) is 75.8 cm³/mol. The number of aromatic nitrogens is 4. The van der Waals surface area contributed by atoms with E-state index in [4.69, 9.17) is 0 Å². The first-order valence-electron chi connectivity index (χ1n) is 6.42. The van der Waals surface area contributed by atoms with Gasteiger partial charge in [-0.05, 0) is 27.1 Å². The summed E-state index contributed by atoms with van der Waals surface area (Å²) in [5, 5.41) is 14.7. The summed E-state index contributed by atoms with van der Waals surface area (Å²) in [5.41, 5.74) is 2.21. The number of nitrogens with zero attached hydrogens (tertiary/aromatic N) is 5. The first kappa shape index (κ1) is 13.0. The molecule has 0 unspecified atom stereocenters. The van der Waals surface area contributed by atoms with Crippen LogP contribution < -0.4 is 0 Å². The van der Waals surface area contributed by atoms with E-state index < -0.39 is 4.92 Å². The van der Waals surface area contributed by atoms with Crippen LogP contribution in [-0.4, -0.2) is 24.3 Å².